The highest BCUT2D eigenvalue weighted by atomic mass is 127. The lowest BCUT2D eigenvalue weighted by Crippen LogP contribution is -2.14. The molecule has 0 fully saturated rings. The monoisotopic (exact) mass is 415 g/mol. The molecule has 4 heteroatoms. The molecule has 0 saturated heterocycles. The van der Waals surface area contributed by atoms with E-state index in [-0.39, 0.29) is 0 Å². The highest BCUT2D eigenvalue weighted by Gasteiger charge is 2.28. The number of aromatic nitrogens is 3. The van der Waals surface area contributed by atoms with Crippen molar-refractivity contribution in [1.82, 2.24) is 13.2 Å². The van der Waals surface area contributed by atoms with Crippen LogP contribution >= 0.6 is 22.9 Å². The summed E-state index contributed by atoms with van der Waals surface area (Å²) in [5, 5.41) is 8.80. The molecule has 1 unspecified atom stereocenters. The summed E-state index contributed by atoms with van der Waals surface area (Å²) in [6.45, 7) is 4.61. The van der Waals surface area contributed by atoms with Gasteiger partial charge in [0.05, 0.1) is 22.9 Å². The van der Waals surface area contributed by atoms with E-state index in [4.69, 9.17) is 0 Å². The molecular weight excluding hydrogens is 397 g/mol. The third-order valence-electron chi connectivity index (χ3n) is 4.76. The minimum absolute atomic E-state index is 0.486. The Labute approximate surface area is 150 Å². The van der Waals surface area contributed by atoms with Crippen LogP contribution in [-0.2, 0) is 6.42 Å². The number of benzene rings is 2. The van der Waals surface area contributed by atoms with Gasteiger partial charge in [0, 0.05) is 11.1 Å². The van der Waals surface area contributed by atoms with Gasteiger partial charge in [-0.3, -0.25) is 0 Å². The van der Waals surface area contributed by atoms with Crippen LogP contribution in [0, 0.1) is 5.92 Å². The molecule has 116 valence electrons. The molecule has 4 rings (SSSR count). The van der Waals surface area contributed by atoms with Gasteiger partial charge in [0.15, 0.2) is 0 Å². The van der Waals surface area contributed by atoms with Crippen LogP contribution in [0.3, 0.4) is 0 Å². The average molecular weight is 415 g/mol. The van der Waals surface area contributed by atoms with Crippen molar-refractivity contribution < 1.29 is 0 Å². The maximum absolute atomic E-state index is 4.50. The molecule has 0 amide bonds. The summed E-state index contributed by atoms with van der Waals surface area (Å²) in [5.74, 6) is 1.06. The van der Waals surface area contributed by atoms with E-state index in [0.717, 1.165) is 17.8 Å². The second kappa shape index (κ2) is 5.74. The predicted molar refractivity (Wildman–Crippen MR) is 102 cm³/mol. The molecule has 1 atom stereocenters. The number of hydrogen-bond acceptors (Lipinski definition) is 2. The molecule has 0 spiro atoms. The van der Waals surface area contributed by atoms with Gasteiger partial charge in [-0.05, 0) is 29.4 Å². The fourth-order valence-corrected chi connectivity index (χ4v) is 4.16. The van der Waals surface area contributed by atoms with Crippen LogP contribution in [0.25, 0.3) is 22.5 Å². The van der Waals surface area contributed by atoms with E-state index < -0.39 is 0 Å². The maximum Gasteiger partial charge on any atom is 0.122 e. The molecule has 3 nitrogen and oxygen atoms in total. The van der Waals surface area contributed by atoms with Gasteiger partial charge in [-0.1, -0.05) is 67.6 Å². The Balaban J connectivity index is 2.08. The van der Waals surface area contributed by atoms with Crippen molar-refractivity contribution in [3.05, 3.63) is 59.7 Å². The standard InChI is InChI=1S/C19H18IN3/c1-12(2)17-11-13-7-3-4-8-14(13)19-18(21-22-23(19)20)16-10-6-5-9-15(16)17/h3-10,12,17H,11H2,1-2H3. The third-order valence-corrected chi connectivity index (χ3v) is 5.44. The maximum atomic E-state index is 4.50. The largest absolute Gasteiger partial charge is 0.183 e. The Kier molecular flexibility index (Phi) is 3.71. The van der Waals surface area contributed by atoms with Crippen LogP contribution in [0.15, 0.2) is 48.5 Å². The quantitative estimate of drug-likeness (QED) is 0.518. The van der Waals surface area contributed by atoms with Crippen LogP contribution < -0.4 is 0 Å². The fraction of sp³-hybridized carbons (Fsp3) is 0.263. The Morgan fingerprint density at radius 1 is 1.04 bits per heavy atom. The first kappa shape index (κ1) is 14.9. The van der Waals surface area contributed by atoms with Gasteiger partial charge in [-0.2, -0.15) is 2.90 Å². The molecule has 1 heterocycles. The van der Waals surface area contributed by atoms with Gasteiger partial charge >= 0.3 is 0 Å². The van der Waals surface area contributed by atoms with Crippen molar-refractivity contribution >= 4 is 22.9 Å². The molecule has 23 heavy (non-hydrogen) atoms. The van der Waals surface area contributed by atoms with Gasteiger partial charge in [0.25, 0.3) is 0 Å². The molecule has 0 N–H and O–H groups in total. The number of rotatable bonds is 1. The molecular formula is C19H18IN3. The zero-order chi connectivity index (χ0) is 16.0. The van der Waals surface area contributed by atoms with Gasteiger partial charge in [-0.15, -0.1) is 5.10 Å². The number of hydrogen-bond donors (Lipinski definition) is 0. The van der Waals surface area contributed by atoms with Gasteiger partial charge < -0.3 is 0 Å². The summed E-state index contributed by atoms with van der Waals surface area (Å²) in [4.78, 5) is 0. The van der Waals surface area contributed by atoms with Crippen LogP contribution in [0.5, 0.6) is 0 Å². The van der Waals surface area contributed by atoms with E-state index in [1.807, 2.05) is 2.90 Å². The van der Waals surface area contributed by atoms with Gasteiger partial charge in [0.2, 0.25) is 0 Å². The summed E-state index contributed by atoms with van der Waals surface area (Å²) in [5.41, 5.74) is 7.33. The highest BCUT2D eigenvalue weighted by molar-refractivity contribution is 14.1. The summed E-state index contributed by atoms with van der Waals surface area (Å²) in [6, 6.07) is 17.3. The van der Waals surface area contributed by atoms with Crippen LogP contribution in [0.1, 0.15) is 30.9 Å². The van der Waals surface area contributed by atoms with E-state index in [1.54, 1.807) is 0 Å². The summed E-state index contributed by atoms with van der Waals surface area (Å²) >= 11 is 2.23. The van der Waals surface area contributed by atoms with Crippen LogP contribution in [0.4, 0.5) is 0 Å². The minimum atomic E-state index is 0.486. The lowest BCUT2D eigenvalue weighted by molar-refractivity contribution is 0.496. The molecule has 0 saturated carbocycles. The first-order valence-corrected chi connectivity index (χ1v) is 8.92. The Hall–Kier alpha value is -1.69. The second-order valence-corrected chi connectivity index (χ2v) is 7.36. The fourth-order valence-electron chi connectivity index (χ4n) is 3.58. The van der Waals surface area contributed by atoms with Crippen LogP contribution in [0.2, 0.25) is 0 Å². The minimum Gasteiger partial charge on any atom is -0.183 e. The van der Waals surface area contributed by atoms with Crippen LogP contribution in [-0.4, -0.2) is 13.2 Å². The summed E-state index contributed by atoms with van der Waals surface area (Å²) in [6.07, 6.45) is 1.05. The first-order chi connectivity index (χ1) is 11.2. The summed E-state index contributed by atoms with van der Waals surface area (Å²) in [7, 11) is 0. The van der Waals surface area contributed by atoms with E-state index in [1.165, 1.54) is 22.3 Å². The zero-order valence-electron chi connectivity index (χ0n) is 13.2. The normalized spacial score (nSPS) is 16.3. The van der Waals surface area contributed by atoms with E-state index in [0.29, 0.717) is 11.8 Å². The predicted octanol–water partition coefficient (Wildman–Crippen LogP) is 5.11. The van der Waals surface area contributed by atoms with E-state index >= 15 is 0 Å². The molecule has 0 aliphatic heterocycles. The van der Waals surface area contributed by atoms with Gasteiger partial charge in [0.1, 0.15) is 11.4 Å². The molecule has 1 aliphatic rings. The molecule has 0 bridgehead atoms. The van der Waals surface area contributed by atoms with E-state index in [9.17, 15) is 0 Å². The molecule has 0 radical (unpaired) electrons. The second-order valence-electron chi connectivity index (χ2n) is 6.45. The summed E-state index contributed by atoms with van der Waals surface area (Å²) < 4.78 is 1.87. The molecule has 3 aromatic rings. The Morgan fingerprint density at radius 2 is 1.74 bits per heavy atom. The van der Waals surface area contributed by atoms with Crippen molar-refractivity contribution in [2.24, 2.45) is 5.92 Å². The molecule has 1 aliphatic carbocycles. The zero-order valence-corrected chi connectivity index (χ0v) is 15.4. The number of nitrogens with zero attached hydrogens (tertiary/aromatic N) is 3. The smallest absolute Gasteiger partial charge is 0.122 e. The topological polar surface area (TPSA) is 30.7 Å². The highest BCUT2D eigenvalue weighted by Crippen LogP contribution is 2.43. The number of halogens is 1. The molecule has 2 aromatic carbocycles. The lowest BCUT2D eigenvalue weighted by Gasteiger charge is -2.27. The van der Waals surface area contributed by atoms with E-state index in [2.05, 4.69) is 95.6 Å². The van der Waals surface area contributed by atoms with Crippen molar-refractivity contribution in [1.29, 1.82) is 0 Å². The Morgan fingerprint density at radius 3 is 2.52 bits per heavy atom. The van der Waals surface area contributed by atoms with Crippen molar-refractivity contribution in [3.8, 4) is 22.5 Å². The lowest BCUT2D eigenvalue weighted by atomic mass is 9.77. The first-order valence-electron chi connectivity index (χ1n) is 7.96. The van der Waals surface area contributed by atoms with Crippen molar-refractivity contribution in [3.63, 3.8) is 0 Å². The van der Waals surface area contributed by atoms with Crippen molar-refractivity contribution in [2.75, 3.05) is 0 Å². The van der Waals surface area contributed by atoms with Gasteiger partial charge in [-0.25, -0.2) is 0 Å². The third kappa shape index (κ3) is 2.40. The SMILES string of the molecule is CC(C)C1Cc2ccccc2-c2c(nnn2I)-c2ccccc21. The Bertz CT molecular complexity index is 867. The van der Waals surface area contributed by atoms with Crippen molar-refractivity contribution in [2.45, 2.75) is 26.2 Å². The number of fused-ring (bicyclic) bond motifs is 5. The molecule has 1 aromatic heterocycles. The average Bonchev–Trinajstić information content (AvgIpc) is 2.92.